The number of ether oxygens (including phenoxy) is 2. The van der Waals surface area contributed by atoms with Crippen molar-refractivity contribution in [2.75, 3.05) is 26.4 Å². The normalized spacial score (nSPS) is 13.7. The number of allylic oxidation sites excluding steroid dienone is 4. The largest absolute Gasteiger partial charge is 0.472 e. The molecule has 2 unspecified atom stereocenters. The van der Waals surface area contributed by atoms with Gasteiger partial charge in [0.2, 0.25) is 0 Å². The van der Waals surface area contributed by atoms with E-state index < -0.39 is 26.5 Å². The van der Waals surface area contributed by atoms with Crippen LogP contribution in [-0.4, -0.2) is 49.3 Å². The van der Waals surface area contributed by atoms with E-state index in [1.807, 2.05) is 0 Å². The molecule has 10 heteroatoms. The summed E-state index contributed by atoms with van der Waals surface area (Å²) in [5, 5.41) is 0. The highest BCUT2D eigenvalue weighted by molar-refractivity contribution is 7.47. The van der Waals surface area contributed by atoms with Gasteiger partial charge in [0.25, 0.3) is 0 Å². The van der Waals surface area contributed by atoms with Crippen LogP contribution < -0.4 is 5.73 Å². The van der Waals surface area contributed by atoms with Crippen molar-refractivity contribution in [1.82, 2.24) is 0 Å². The van der Waals surface area contributed by atoms with E-state index in [1.54, 1.807) is 0 Å². The maximum absolute atomic E-state index is 12.5. The van der Waals surface area contributed by atoms with Crippen LogP contribution in [0, 0.1) is 0 Å². The maximum Gasteiger partial charge on any atom is 0.472 e. The summed E-state index contributed by atoms with van der Waals surface area (Å²) in [6, 6.07) is 0. The molecule has 0 saturated carbocycles. The number of phosphoric ester groups is 1. The first-order valence-corrected chi connectivity index (χ1v) is 19.8. The van der Waals surface area contributed by atoms with Crippen LogP contribution in [0.4, 0.5) is 0 Å². The number of nitrogens with two attached hydrogens (primary N) is 1. The molecule has 0 aliphatic carbocycles. The van der Waals surface area contributed by atoms with E-state index in [-0.39, 0.29) is 38.6 Å². The Balaban J connectivity index is 4.27. The van der Waals surface area contributed by atoms with E-state index in [0.717, 1.165) is 64.2 Å². The monoisotopic (exact) mass is 673 g/mol. The quantitative estimate of drug-likeness (QED) is 0.0296. The summed E-state index contributed by atoms with van der Waals surface area (Å²) in [5.74, 6) is -0.845. The van der Waals surface area contributed by atoms with Crippen molar-refractivity contribution in [3.8, 4) is 0 Å². The Bertz CT molecular complexity index is 820. The SMILES string of the molecule is CCCC/C=C\C/C=C\CCCCCCCC(=O)OC(COC(=O)CCCCCCCCCCCCC)COP(=O)(O)OCCN. The number of rotatable bonds is 34. The van der Waals surface area contributed by atoms with Crippen molar-refractivity contribution < 1.29 is 37.6 Å². The number of unbranched alkanes of at least 4 members (excludes halogenated alkanes) is 17. The lowest BCUT2D eigenvalue weighted by molar-refractivity contribution is -0.161. The van der Waals surface area contributed by atoms with Crippen LogP contribution in [0.5, 0.6) is 0 Å². The summed E-state index contributed by atoms with van der Waals surface area (Å²) in [6.45, 7) is 3.65. The van der Waals surface area contributed by atoms with Gasteiger partial charge in [-0.05, 0) is 38.5 Å². The van der Waals surface area contributed by atoms with Crippen molar-refractivity contribution in [3.63, 3.8) is 0 Å². The fourth-order valence-electron chi connectivity index (χ4n) is 4.83. The topological polar surface area (TPSA) is 134 Å². The number of carbonyl (C=O) groups is 2. The summed E-state index contributed by atoms with van der Waals surface area (Å²) in [6.07, 6.45) is 32.0. The third-order valence-corrected chi connectivity index (χ3v) is 8.57. The maximum atomic E-state index is 12.5. The lowest BCUT2D eigenvalue weighted by Gasteiger charge is -2.19. The van der Waals surface area contributed by atoms with Gasteiger partial charge in [0, 0.05) is 19.4 Å². The summed E-state index contributed by atoms with van der Waals surface area (Å²) in [4.78, 5) is 34.6. The lowest BCUT2D eigenvalue weighted by atomic mass is 10.1. The van der Waals surface area contributed by atoms with Gasteiger partial charge < -0.3 is 20.1 Å². The Labute approximate surface area is 281 Å². The number of hydrogen-bond acceptors (Lipinski definition) is 8. The van der Waals surface area contributed by atoms with E-state index in [4.69, 9.17) is 24.3 Å². The predicted molar refractivity (Wildman–Crippen MR) is 187 cm³/mol. The molecule has 0 amide bonds. The molecule has 0 aromatic carbocycles. The predicted octanol–water partition coefficient (Wildman–Crippen LogP) is 9.66. The van der Waals surface area contributed by atoms with Crippen molar-refractivity contribution in [2.24, 2.45) is 5.73 Å². The number of phosphoric acid groups is 1. The van der Waals surface area contributed by atoms with Gasteiger partial charge in [0.15, 0.2) is 6.10 Å². The van der Waals surface area contributed by atoms with Crippen molar-refractivity contribution >= 4 is 19.8 Å². The highest BCUT2D eigenvalue weighted by Crippen LogP contribution is 2.43. The Hall–Kier alpha value is -1.51. The lowest BCUT2D eigenvalue weighted by Crippen LogP contribution is -2.29. The fraction of sp³-hybridized carbons (Fsp3) is 0.833. The van der Waals surface area contributed by atoms with E-state index in [0.29, 0.717) is 6.42 Å². The summed E-state index contributed by atoms with van der Waals surface area (Å²) in [7, 11) is -4.37. The van der Waals surface area contributed by atoms with Crippen molar-refractivity contribution in [2.45, 2.75) is 168 Å². The third kappa shape index (κ3) is 32.4. The van der Waals surface area contributed by atoms with Gasteiger partial charge in [-0.3, -0.25) is 18.6 Å². The van der Waals surface area contributed by atoms with Crippen LogP contribution in [0.3, 0.4) is 0 Å². The molecule has 0 radical (unpaired) electrons. The van der Waals surface area contributed by atoms with Crippen LogP contribution in [0.2, 0.25) is 0 Å². The molecule has 0 heterocycles. The van der Waals surface area contributed by atoms with Gasteiger partial charge in [-0.2, -0.15) is 0 Å². The molecule has 46 heavy (non-hydrogen) atoms. The number of esters is 2. The van der Waals surface area contributed by atoms with Gasteiger partial charge in [-0.1, -0.05) is 134 Å². The molecule has 0 aromatic heterocycles. The molecule has 0 bridgehead atoms. The second-order valence-corrected chi connectivity index (χ2v) is 13.5. The summed E-state index contributed by atoms with van der Waals surface area (Å²) >= 11 is 0. The average molecular weight is 674 g/mol. The van der Waals surface area contributed by atoms with Gasteiger partial charge in [-0.25, -0.2) is 4.57 Å². The zero-order chi connectivity index (χ0) is 34.0. The van der Waals surface area contributed by atoms with Gasteiger partial charge >= 0.3 is 19.8 Å². The molecule has 9 nitrogen and oxygen atoms in total. The van der Waals surface area contributed by atoms with Crippen molar-refractivity contribution in [3.05, 3.63) is 24.3 Å². The minimum atomic E-state index is -4.37. The Kier molecular flexibility index (Phi) is 32.3. The molecule has 270 valence electrons. The first-order chi connectivity index (χ1) is 22.3. The Morgan fingerprint density at radius 3 is 1.72 bits per heavy atom. The van der Waals surface area contributed by atoms with Crippen LogP contribution in [-0.2, 0) is 32.7 Å². The van der Waals surface area contributed by atoms with Gasteiger partial charge in [0.1, 0.15) is 6.61 Å². The molecule has 0 fully saturated rings. The van der Waals surface area contributed by atoms with Crippen LogP contribution in [0.15, 0.2) is 24.3 Å². The highest BCUT2D eigenvalue weighted by atomic mass is 31.2. The second kappa shape index (κ2) is 33.4. The molecule has 3 N–H and O–H groups in total. The van der Waals surface area contributed by atoms with E-state index in [2.05, 4.69) is 38.2 Å². The fourth-order valence-corrected chi connectivity index (χ4v) is 5.59. The zero-order valence-corrected chi connectivity index (χ0v) is 30.2. The van der Waals surface area contributed by atoms with E-state index >= 15 is 0 Å². The Morgan fingerprint density at radius 1 is 0.652 bits per heavy atom. The first-order valence-electron chi connectivity index (χ1n) is 18.3. The average Bonchev–Trinajstić information content (AvgIpc) is 3.04. The molecule has 0 aliphatic rings. The number of hydrogen-bond donors (Lipinski definition) is 2. The summed E-state index contributed by atoms with van der Waals surface area (Å²) < 4.78 is 32.6. The standard InChI is InChI=1S/C36H68NO8P/c1-3-5-7-9-11-13-15-16-17-19-21-23-25-27-29-36(39)45-34(33-44-46(40,41)43-31-30-37)32-42-35(38)28-26-24-22-20-18-14-12-10-8-6-4-2/h9,11,15-16,34H,3-8,10,12-14,17-33,37H2,1-2H3,(H,40,41)/b11-9-,16-15-. The second-order valence-electron chi connectivity index (χ2n) is 12.1. The molecular formula is C36H68NO8P. The summed E-state index contributed by atoms with van der Waals surface area (Å²) in [5.41, 5.74) is 5.32. The van der Waals surface area contributed by atoms with Crippen LogP contribution in [0.1, 0.15) is 162 Å². The molecule has 2 atom stereocenters. The molecule has 0 aromatic rings. The molecular weight excluding hydrogens is 605 g/mol. The van der Waals surface area contributed by atoms with E-state index in [9.17, 15) is 19.0 Å². The third-order valence-electron chi connectivity index (χ3n) is 7.59. The van der Waals surface area contributed by atoms with E-state index in [1.165, 1.54) is 64.2 Å². The van der Waals surface area contributed by atoms with Gasteiger partial charge in [-0.15, -0.1) is 0 Å². The first kappa shape index (κ1) is 44.5. The Morgan fingerprint density at radius 2 is 1.15 bits per heavy atom. The minimum absolute atomic E-state index is 0.0521. The smallest absolute Gasteiger partial charge is 0.462 e. The highest BCUT2D eigenvalue weighted by Gasteiger charge is 2.25. The van der Waals surface area contributed by atoms with Crippen molar-refractivity contribution in [1.29, 1.82) is 0 Å². The zero-order valence-electron chi connectivity index (χ0n) is 29.3. The number of carbonyl (C=O) groups excluding carboxylic acids is 2. The van der Waals surface area contributed by atoms with Crippen LogP contribution in [0.25, 0.3) is 0 Å². The molecule has 0 saturated heterocycles. The van der Waals surface area contributed by atoms with Crippen LogP contribution >= 0.6 is 7.82 Å². The molecule has 0 spiro atoms. The molecule has 0 aliphatic heterocycles. The van der Waals surface area contributed by atoms with Gasteiger partial charge in [0.05, 0.1) is 13.2 Å². The molecule has 0 rings (SSSR count). The minimum Gasteiger partial charge on any atom is -0.462 e.